The molecule has 2 amide bonds. The number of hydrogen-bond donors (Lipinski definition) is 2. The number of para-hydroxylation sites is 1. The van der Waals surface area contributed by atoms with Gasteiger partial charge in [-0.15, -0.1) is 10.2 Å². The summed E-state index contributed by atoms with van der Waals surface area (Å²) < 4.78 is 5.34. The first-order valence-electron chi connectivity index (χ1n) is 9.76. The van der Waals surface area contributed by atoms with E-state index in [0.717, 1.165) is 22.0 Å². The highest BCUT2D eigenvalue weighted by atomic mass is 16.5. The summed E-state index contributed by atoms with van der Waals surface area (Å²) in [6.45, 7) is 0. The number of ether oxygens (including phenoxy) is 1. The van der Waals surface area contributed by atoms with E-state index < -0.39 is 5.92 Å². The first-order valence-corrected chi connectivity index (χ1v) is 9.76. The first kappa shape index (κ1) is 18.7. The lowest BCUT2D eigenvalue weighted by Gasteiger charge is -2.19. The van der Waals surface area contributed by atoms with Gasteiger partial charge in [0.1, 0.15) is 11.4 Å². The Labute approximate surface area is 177 Å². The fourth-order valence-electron chi connectivity index (χ4n) is 3.76. The van der Waals surface area contributed by atoms with Crippen LogP contribution in [0.15, 0.2) is 88.6 Å². The van der Waals surface area contributed by atoms with Crippen molar-refractivity contribution in [3.63, 3.8) is 0 Å². The van der Waals surface area contributed by atoms with Crippen molar-refractivity contribution >= 4 is 34.1 Å². The van der Waals surface area contributed by atoms with Gasteiger partial charge in [-0.2, -0.15) is 0 Å². The summed E-state index contributed by atoms with van der Waals surface area (Å²) in [7, 11) is 1.59. The number of aromatic amines is 1. The maximum absolute atomic E-state index is 12.7. The lowest BCUT2D eigenvalue weighted by atomic mass is 9.89. The van der Waals surface area contributed by atoms with Crippen LogP contribution >= 0.6 is 0 Å². The zero-order valence-electron chi connectivity index (χ0n) is 16.6. The predicted octanol–water partition coefficient (Wildman–Crippen LogP) is 4.87. The molecule has 31 heavy (non-hydrogen) atoms. The number of benzene rings is 2. The first-order chi connectivity index (χ1) is 15.1. The normalized spacial score (nSPS) is 17.2. The zero-order valence-corrected chi connectivity index (χ0v) is 16.6. The average molecular weight is 410 g/mol. The Balaban J connectivity index is 1.38. The number of methoxy groups -OCH3 is 1. The number of aromatic nitrogens is 1. The van der Waals surface area contributed by atoms with E-state index in [4.69, 9.17) is 4.74 Å². The third kappa shape index (κ3) is 3.36. The number of allylic oxidation sites excluding steroid dienone is 3. The van der Waals surface area contributed by atoms with E-state index in [0.29, 0.717) is 22.8 Å². The minimum Gasteiger partial charge on any atom is -0.495 e. The molecule has 0 spiro atoms. The average Bonchev–Trinajstić information content (AvgIpc) is 3.25. The number of nitrogens with zero attached hydrogens (tertiary/aromatic N) is 2. The molecule has 152 valence electrons. The van der Waals surface area contributed by atoms with Gasteiger partial charge < -0.3 is 15.0 Å². The molecule has 0 bridgehead atoms. The summed E-state index contributed by atoms with van der Waals surface area (Å²) in [4.78, 5) is 27.8. The summed E-state index contributed by atoms with van der Waals surface area (Å²) in [6.07, 6.45) is 7.42. The van der Waals surface area contributed by atoms with Gasteiger partial charge in [-0.05, 0) is 29.8 Å². The second kappa shape index (κ2) is 7.53. The molecule has 1 aromatic heterocycles. The second-order valence-electron chi connectivity index (χ2n) is 7.20. The van der Waals surface area contributed by atoms with Crippen LogP contribution < -0.4 is 10.1 Å². The predicted molar refractivity (Wildman–Crippen MR) is 118 cm³/mol. The van der Waals surface area contributed by atoms with Crippen LogP contribution in [0.5, 0.6) is 5.75 Å². The summed E-state index contributed by atoms with van der Waals surface area (Å²) in [5, 5.41) is 11.7. The summed E-state index contributed by atoms with van der Waals surface area (Å²) in [6, 6.07) is 14.7. The Hall–Kier alpha value is -4.26. The number of carbonyl (C=O) groups is 2. The smallest absolute Gasteiger partial charge is 0.276 e. The molecule has 1 unspecified atom stereocenters. The Morgan fingerprint density at radius 3 is 2.74 bits per heavy atom. The molecule has 7 heteroatoms. The number of carbonyl (C=O) groups excluding carboxylic acids is 2. The minimum atomic E-state index is -0.393. The highest BCUT2D eigenvalue weighted by Crippen LogP contribution is 2.34. The molecule has 5 rings (SSSR count). The molecule has 1 aliphatic heterocycles. The van der Waals surface area contributed by atoms with Gasteiger partial charge in [0.15, 0.2) is 0 Å². The van der Waals surface area contributed by atoms with Gasteiger partial charge in [0.25, 0.3) is 11.8 Å². The van der Waals surface area contributed by atoms with E-state index in [2.05, 4.69) is 20.5 Å². The number of nitrogens with one attached hydrogen (secondary N) is 2. The van der Waals surface area contributed by atoms with Crippen LogP contribution in [0.1, 0.15) is 16.1 Å². The molecule has 0 fully saturated rings. The van der Waals surface area contributed by atoms with E-state index in [9.17, 15) is 9.59 Å². The number of hydrogen-bond acceptors (Lipinski definition) is 4. The number of rotatable bonds is 4. The Bertz CT molecular complexity index is 1330. The van der Waals surface area contributed by atoms with Crippen LogP contribution in [0.3, 0.4) is 0 Å². The van der Waals surface area contributed by atoms with E-state index in [1.807, 2.05) is 54.6 Å². The molecule has 2 aromatic carbocycles. The molecule has 0 radical (unpaired) electrons. The highest BCUT2D eigenvalue weighted by Gasteiger charge is 2.27. The van der Waals surface area contributed by atoms with Crippen molar-refractivity contribution in [3.05, 3.63) is 89.7 Å². The van der Waals surface area contributed by atoms with E-state index in [-0.39, 0.29) is 11.8 Å². The number of H-pyrrole nitrogens is 1. The number of anilines is 1. The van der Waals surface area contributed by atoms with E-state index >= 15 is 0 Å². The molecule has 0 saturated heterocycles. The molecular weight excluding hydrogens is 392 g/mol. The minimum absolute atomic E-state index is 0.253. The van der Waals surface area contributed by atoms with Crippen LogP contribution in [0.2, 0.25) is 0 Å². The standard InChI is InChI=1S/C24H18N4O3/c1-31-20-8-4-5-15-13-19(26-22(15)20)24(30)25-16-11-9-14(10-12-16)21-17-6-2-3-7-18(17)23(29)28-27-21/h2-13,18,26H,1H3,(H,25,30). The van der Waals surface area contributed by atoms with Gasteiger partial charge >= 0.3 is 0 Å². The van der Waals surface area contributed by atoms with Crippen LogP contribution in [-0.2, 0) is 4.79 Å². The summed E-state index contributed by atoms with van der Waals surface area (Å²) >= 11 is 0. The number of amides is 2. The zero-order chi connectivity index (χ0) is 21.4. The molecule has 3 aromatic rings. The van der Waals surface area contributed by atoms with Crippen molar-refractivity contribution in [3.8, 4) is 5.75 Å². The third-order valence-electron chi connectivity index (χ3n) is 5.31. The van der Waals surface area contributed by atoms with Crippen molar-refractivity contribution < 1.29 is 14.3 Å². The van der Waals surface area contributed by atoms with Crippen LogP contribution in [0, 0.1) is 5.92 Å². The fraction of sp³-hybridized carbons (Fsp3) is 0.0833. The van der Waals surface area contributed by atoms with E-state index in [1.165, 1.54) is 0 Å². The molecule has 7 nitrogen and oxygen atoms in total. The lowest BCUT2D eigenvalue weighted by Crippen LogP contribution is -2.17. The van der Waals surface area contributed by atoms with Gasteiger partial charge in [0, 0.05) is 16.6 Å². The Kier molecular flexibility index (Phi) is 4.55. The molecule has 0 saturated carbocycles. The second-order valence-corrected chi connectivity index (χ2v) is 7.20. The van der Waals surface area contributed by atoms with Crippen molar-refractivity contribution in [2.75, 3.05) is 12.4 Å². The SMILES string of the molecule is COc1cccc2cc(C(=O)Nc3ccc(C4=C5C=CC=CC5C(=O)N=N4)cc3)[nH]c12. The van der Waals surface area contributed by atoms with Crippen LogP contribution in [-0.4, -0.2) is 23.9 Å². The van der Waals surface area contributed by atoms with Gasteiger partial charge in [0.05, 0.1) is 24.2 Å². The molecule has 1 atom stereocenters. The van der Waals surface area contributed by atoms with Crippen molar-refractivity contribution in [1.82, 2.24) is 4.98 Å². The molecule has 2 aliphatic rings. The Morgan fingerprint density at radius 1 is 1.10 bits per heavy atom. The number of fused-ring (bicyclic) bond motifs is 2. The van der Waals surface area contributed by atoms with Crippen molar-refractivity contribution in [2.24, 2.45) is 16.1 Å². The van der Waals surface area contributed by atoms with Gasteiger partial charge in [-0.1, -0.05) is 48.6 Å². The monoisotopic (exact) mass is 410 g/mol. The maximum Gasteiger partial charge on any atom is 0.276 e. The topological polar surface area (TPSA) is 95.9 Å². The van der Waals surface area contributed by atoms with Crippen molar-refractivity contribution in [2.45, 2.75) is 0 Å². The molecular formula is C24H18N4O3. The molecule has 1 aliphatic carbocycles. The summed E-state index contributed by atoms with van der Waals surface area (Å²) in [5.74, 6) is -0.231. The number of azo groups is 1. The maximum atomic E-state index is 12.7. The van der Waals surface area contributed by atoms with Crippen LogP contribution in [0.4, 0.5) is 5.69 Å². The largest absolute Gasteiger partial charge is 0.495 e. The molecule has 2 heterocycles. The van der Waals surface area contributed by atoms with Crippen molar-refractivity contribution in [1.29, 1.82) is 0 Å². The lowest BCUT2D eigenvalue weighted by molar-refractivity contribution is -0.119. The van der Waals surface area contributed by atoms with Gasteiger partial charge in [-0.3, -0.25) is 9.59 Å². The highest BCUT2D eigenvalue weighted by molar-refractivity contribution is 6.06. The van der Waals surface area contributed by atoms with Crippen LogP contribution in [0.25, 0.3) is 16.6 Å². The fourth-order valence-corrected chi connectivity index (χ4v) is 3.76. The summed E-state index contributed by atoms with van der Waals surface area (Å²) in [5.41, 5.74) is 4.17. The van der Waals surface area contributed by atoms with E-state index in [1.54, 1.807) is 25.3 Å². The third-order valence-corrected chi connectivity index (χ3v) is 5.31. The van der Waals surface area contributed by atoms with Gasteiger partial charge in [0.2, 0.25) is 0 Å². The quantitative estimate of drug-likeness (QED) is 0.642. The Morgan fingerprint density at radius 2 is 1.94 bits per heavy atom. The molecule has 2 N–H and O–H groups in total. The van der Waals surface area contributed by atoms with Gasteiger partial charge in [-0.25, -0.2) is 0 Å².